The molecule has 1 aromatic heterocycles. The molecule has 0 radical (unpaired) electrons. The molecule has 110 valence electrons. The van der Waals surface area contributed by atoms with Gasteiger partial charge in [0.1, 0.15) is 11.6 Å². The molecule has 0 saturated heterocycles. The van der Waals surface area contributed by atoms with Gasteiger partial charge in [-0.05, 0) is 37.5 Å². The summed E-state index contributed by atoms with van der Waals surface area (Å²) in [6.45, 7) is 2.21. The van der Waals surface area contributed by atoms with Crippen LogP contribution >= 0.6 is 0 Å². The maximum Gasteiger partial charge on any atom is 0.256 e. The Bertz CT molecular complexity index is 657. The summed E-state index contributed by atoms with van der Waals surface area (Å²) in [5.41, 5.74) is 1.22. The van der Waals surface area contributed by atoms with Gasteiger partial charge in [-0.15, -0.1) is 0 Å². The summed E-state index contributed by atoms with van der Waals surface area (Å²) in [7, 11) is 0. The van der Waals surface area contributed by atoms with Crippen LogP contribution in [-0.4, -0.2) is 11.0 Å². The number of hydrogen-bond acceptors (Lipinski definition) is 3. The molecule has 0 atom stereocenters. The van der Waals surface area contributed by atoms with Gasteiger partial charge in [-0.2, -0.15) is 0 Å². The molecule has 0 unspecified atom stereocenters. The predicted octanol–water partition coefficient (Wildman–Crippen LogP) is 3.71. The average Bonchev–Trinajstić information content (AvgIpc) is 3.28. The maximum absolute atomic E-state index is 14.3. The van der Waals surface area contributed by atoms with Gasteiger partial charge in [0.15, 0.2) is 5.82 Å². The Morgan fingerprint density at radius 3 is 2.86 bits per heavy atom. The molecule has 3 rings (SSSR count). The van der Waals surface area contributed by atoms with Gasteiger partial charge in [-0.3, -0.25) is 0 Å². The second kappa shape index (κ2) is 5.77. The van der Waals surface area contributed by atoms with Gasteiger partial charge >= 0.3 is 0 Å². The quantitative estimate of drug-likeness (QED) is 0.911. The zero-order valence-electron chi connectivity index (χ0n) is 11.7. The van der Waals surface area contributed by atoms with Crippen LogP contribution in [0.2, 0.25) is 0 Å². The van der Waals surface area contributed by atoms with E-state index in [4.69, 9.17) is 4.74 Å². The maximum atomic E-state index is 14.3. The normalized spacial score (nSPS) is 14.2. The van der Waals surface area contributed by atoms with Crippen LogP contribution < -0.4 is 10.1 Å². The van der Waals surface area contributed by atoms with E-state index in [2.05, 4.69) is 10.3 Å². The zero-order valence-corrected chi connectivity index (χ0v) is 11.7. The van der Waals surface area contributed by atoms with Crippen LogP contribution in [0.4, 0.5) is 8.78 Å². The van der Waals surface area contributed by atoms with Crippen molar-refractivity contribution in [3.05, 3.63) is 53.2 Å². The Kier molecular flexibility index (Phi) is 3.84. The number of nitrogens with one attached hydrogen (secondary N) is 1. The Morgan fingerprint density at radius 2 is 2.10 bits per heavy atom. The van der Waals surface area contributed by atoms with Gasteiger partial charge in [0.2, 0.25) is 0 Å². The van der Waals surface area contributed by atoms with Crippen molar-refractivity contribution >= 4 is 0 Å². The van der Waals surface area contributed by atoms with Crippen molar-refractivity contribution in [2.45, 2.75) is 32.4 Å². The second-order valence-electron chi connectivity index (χ2n) is 5.26. The van der Waals surface area contributed by atoms with E-state index >= 15 is 0 Å². The SMILES string of the molecule is Cc1ccc(F)cc1Oc1nccc(CNC2CC2)c1F. The highest BCUT2D eigenvalue weighted by molar-refractivity contribution is 5.36. The van der Waals surface area contributed by atoms with Crippen molar-refractivity contribution in [1.82, 2.24) is 10.3 Å². The smallest absolute Gasteiger partial charge is 0.256 e. The number of rotatable bonds is 5. The summed E-state index contributed by atoms with van der Waals surface area (Å²) in [5.74, 6) is -0.788. The first kappa shape index (κ1) is 13.9. The van der Waals surface area contributed by atoms with E-state index in [1.165, 1.54) is 18.3 Å². The molecule has 5 heteroatoms. The van der Waals surface area contributed by atoms with E-state index < -0.39 is 11.6 Å². The van der Waals surface area contributed by atoms with E-state index in [-0.39, 0.29) is 11.6 Å². The Balaban J connectivity index is 1.80. The molecule has 2 aromatic rings. The summed E-state index contributed by atoms with van der Waals surface area (Å²) in [4.78, 5) is 3.90. The third kappa shape index (κ3) is 3.36. The van der Waals surface area contributed by atoms with Gasteiger partial charge in [-0.1, -0.05) is 6.07 Å². The van der Waals surface area contributed by atoms with Crippen LogP contribution in [0.15, 0.2) is 30.5 Å². The molecule has 1 N–H and O–H groups in total. The first-order valence-electron chi connectivity index (χ1n) is 6.94. The Hall–Kier alpha value is -2.01. The topological polar surface area (TPSA) is 34.1 Å². The van der Waals surface area contributed by atoms with Crippen LogP contribution in [0.25, 0.3) is 0 Å². The van der Waals surface area contributed by atoms with E-state index in [9.17, 15) is 8.78 Å². The van der Waals surface area contributed by atoms with Crippen molar-refractivity contribution in [2.24, 2.45) is 0 Å². The molecule has 1 aliphatic rings. The number of aryl methyl sites for hydroxylation is 1. The van der Waals surface area contributed by atoms with E-state index in [0.717, 1.165) is 18.4 Å². The van der Waals surface area contributed by atoms with Crippen molar-refractivity contribution in [3.8, 4) is 11.6 Å². The lowest BCUT2D eigenvalue weighted by atomic mass is 10.2. The highest BCUT2D eigenvalue weighted by Crippen LogP contribution is 2.28. The molecule has 1 heterocycles. The standard InChI is InChI=1S/C16H16F2N2O/c1-10-2-3-12(17)8-14(10)21-16-15(18)11(6-7-19-16)9-20-13-4-5-13/h2-3,6-8,13,20H,4-5,9H2,1H3. The third-order valence-electron chi connectivity index (χ3n) is 3.45. The average molecular weight is 290 g/mol. The van der Waals surface area contributed by atoms with Crippen LogP contribution in [0.1, 0.15) is 24.0 Å². The van der Waals surface area contributed by atoms with E-state index in [0.29, 0.717) is 18.2 Å². The predicted molar refractivity (Wildman–Crippen MR) is 75.3 cm³/mol. The molecule has 1 saturated carbocycles. The van der Waals surface area contributed by atoms with Crippen LogP contribution in [0.5, 0.6) is 11.6 Å². The van der Waals surface area contributed by atoms with Gasteiger partial charge in [0.25, 0.3) is 5.88 Å². The molecule has 3 nitrogen and oxygen atoms in total. The molecule has 0 spiro atoms. The first-order chi connectivity index (χ1) is 10.1. The van der Waals surface area contributed by atoms with Gasteiger partial charge < -0.3 is 10.1 Å². The van der Waals surface area contributed by atoms with Crippen LogP contribution in [-0.2, 0) is 6.54 Å². The summed E-state index contributed by atoms with van der Waals surface area (Å²) in [5, 5.41) is 3.24. The van der Waals surface area contributed by atoms with Gasteiger partial charge in [0, 0.05) is 30.4 Å². The first-order valence-corrected chi connectivity index (χ1v) is 6.94. The second-order valence-corrected chi connectivity index (χ2v) is 5.26. The molecule has 0 bridgehead atoms. The monoisotopic (exact) mass is 290 g/mol. The molecular formula is C16H16F2N2O. The minimum atomic E-state index is -0.505. The van der Waals surface area contributed by atoms with E-state index in [1.807, 2.05) is 0 Å². The van der Waals surface area contributed by atoms with Gasteiger partial charge in [0.05, 0.1) is 0 Å². The molecule has 1 aliphatic carbocycles. The highest BCUT2D eigenvalue weighted by Gasteiger charge is 2.21. The molecule has 21 heavy (non-hydrogen) atoms. The number of benzene rings is 1. The Labute approximate surface area is 122 Å². The summed E-state index contributed by atoms with van der Waals surface area (Å²) in [6.07, 6.45) is 3.77. The summed E-state index contributed by atoms with van der Waals surface area (Å²) in [6, 6.07) is 6.26. The zero-order chi connectivity index (χ0) is 14.8. The van der Waals surface area contributed by atoms with Crippen molar-refractivity contribution in [1.29, 1.82) is 0 Å². The fourth-order valence-corrected chi connectivity index (χ4v) is 2.00. The van der Waals surface area contributed by atoms with Gasteiger partial charge in [-0.25, -0.2) is 13.8 Å². The van der Waals surface area contributed by atoms with Crippen molar-refractivity contribution in [3.63, 3.8) is 0 Å². The molecule has 1 aromatic carbocycles. The number of pyridine rings is 1. The number of halogens is 2. The Morgan fingerprint density at radius 1 is 1.29 bits per heavy atom. The lowest BCUT2D eigenvalue weighted by Crippen LogP contribution is -2.16. The molecule has 0 amide bonds. The van der Waals surface area contributed by atoms with Crippen molar-refractivity contribution in [2.75, 3.05) is 0 Å². The van der Waals surface area contributed by atoms with Crippen LogP contribution in [0, 0.1) is 18.6 Å². The molecular weight excluding hydrogens is 274 g/mol. The van der Waals surface area contributed by atoms with E-state index in [1.54, 1.807) is 19.1 Å². The number of hydrogen-bond donors (Lipinski definition) is 1. The lowest BCUT2D eigenvalue weighted by molar-refractivity contribution is 0.412. The fraction of sp³-hybridized carbons (Fsp3) is 0.312. The minimum absolute atomic E-state index is 0.126. The largest absolute Gasteiger partial charge is 0.436 e. The highest BCUT2D eigenvalue weighted by atomic mass is 19.1. The number of ether oxygens (including phenoxy) is 1. The van der Waals surface area contributed by atoms with Crippen molar-refractivity contribution < 1.29 is 13.5 Å². The fourth-order valence-electron chi connectivity index (χ4n) is 2.00. The molecule has 0 aliphatic heterocycles. The number of aromatic nitrogens is 1. The minimum Gasteiger partial charge on any atom is -0.436 e. The third-order valence-corrected chi connectivity index (χ3v) is 3.45. The summed E-state index contributed by atoms with van der Waals surface area (Å²) < 4.78 is 33.0. The molecule has 1 fully saturated rings. The van der Waals surface area contributed by atoms with Crippen LogP contribution in [0.3, 0.4) is 0 Å². The summed E-state index contributed by atoms with van der Waals surface area (Å²) >= 11 is 0. The lowest BCUT2D eigenvalue weighted by Gasteiger charge is -2.11. The number of nitrogens with zero attached hydrogens (tertiary/aromatic N) is 1.